The quantitative estimate of drug-likeness (QED) is 0.838. The molecule has 120 valence electrons. The molecule has 3 aliphatic carbocycles. The van der Waals surface area contributed by atoms with Crippen LogP contribution in [0.2, 0.25) is 0 Å². The van der Waals surface area contributed by atoms with E-state index in [0.29, 0.717) is 17.8 Å². The van der Waals surface area contributed by atoms with E-state index < -0.39 is 12.2 Å². The fraction of sp³-hybridized carbons (Fsp3) is 0.684. The molecule has 0 bridgehead atoms. The van der Waals surface area contributed by atoms with E-state index in [-0.39, 0.29) is 5.41 Å². The third-order valence-electron chi connectivity index (χ3n) is 6.91. The monoisotopic (exact) mass is 302 g/mol. The lowest BCUT2D eigenvalue weighted by molar-refractivity contribution is -0.0505. The highest BCUT2D eigenvalue weighted by atomic mass is 16.5. The van der Waals surface area contributed by atoms with Gasteiger partial charge in [-0.05, 0) is 78.5 Å². The Balaban J connectivity index is 1.69. The van der Waals surface area contributed by atoms with Crippen LogP contribution in [0.25, 0.3) is 0 Å². The van der Waals surface area contributed by atoms with E-state index in [1.807, 2.05) is 0 Å². The first-order valence-corrected chi connectivity index (χ1v) is 8.57. The fourth-order valence-corrected chi connectivity index (χ4v) is 5.67. The molecule has 0 unspecified atom stereocenters. The smallest absolute Gasteiger partial charge is 0.119 e. The van der Waals surface area contributed by atoms with Gasteiger partial charge >= 0.3 is 0 Å². The van der Waals surface area contributed by atoms with Crippen molar-refractivity contribution in [3.05, 3.63) is 29.3 Å². The molecule has 4 rings (SSSR count). The number of fused-ring (bicyclic) bond motifs is 5. The van der Waals surface area contributed by atoms with Gasteiger partial charge in [0.2, 0.25) is 0 Å². The van der Waals surface area contributed by atoms with Gasteiger partial charge < -0.3 is 14.9 Å². The fourth-order valence-electron chi connectivity index (χ4n) is 5.67. The molecule has 0 spiro atoms. The van der Waals surface area contributed by atoms with Crippen molar-refractivity contribution in [1.82, 2.24) is 0 Å². The van der Waals surface area contributed by atoms with Crippen molar-refractivity contribution < 1.29 is 14.9 Å². The molecule has 3 heteroatoms. The van der Waals surface area contributed by atoms with Gasteiger partial charge in [-0.25, -0.2) is 0 Å². The molecule has 0 radical (unpaired) electrons. The van der Waals surface area contributed by atoms with Crippen LogP contribution in [0.5, 0.6) is 5.75 Å². The second-order valence-electron chi connectivity index (χ2n) is 7.77. The van der Waals surface area contributed by atoms with Crippen molar-refractivity contribution in [2.45, 2.75) is 57.2 Å². The lowest BCUT2D eigenvalue weighted by Crippen LogP contribution is -2.44. The van der Waals surface area contributed by atoms with Gasteiger partial charge in [-0.2, -0.15) is 0 Å². The first-order valence-electron chi connectivity index (χ1n) is 8.57. The molecule has 0 saturated heterocycles. The van der Waals surface area contributed by atoms with Crippen LogP contribution in [0.3, 0.4) is 0 Å². The minimum atomic E-state index is -0.546. The Morgan fingerprint density at radius 3 is 2.82 bits per heavy atom. The molecule has 0 aliphatic heterocycles. The zero-order valence-electron chi connectivity index (χ0n) is 13.5. The van der Waals surface area contributed by atoms with Gasteiger partial charge in [-0.1, -0.05) is 13.0 Å². The van der Waals surface area contributed by atoms with Crippen LogP contribution in [0.1, 0.15) is 49.7 Å². The van der Waals surface area contributed by atoms with Gasteiger partial charge in [0.15, 0.2) is 0 Å². The maximum Gasteiger partial charge on any atom is 0.119 e. The summed E-state index contributed by atoms with van der Waals surface area (Å²) >= 11 is 0. The molecule has 3 aliphatic rings. The predicted octanol–water partition coefficient (Wildman–Crippen LogP) is 2.88. The Morgan fingerprint density at radius 1 is 1.23 bits per heavy atom. The Hall–Kier alpha value is -1.06. The van der Waals surface area contributed by atoms with Crippen LogP contribution in [0, 0.1) is 17.3 Å². The van der Waals surface area contributed by atoms with Gasteiger partial charge in [0, 0.05) is 0 Å². The molecule has 2 N–H and O–H groups in total. The number of aliphatic hydroxyl groups excluding tert-OH is 2. The summed E-state index contributed by atoms with van der Waals surface area (Å²) in [6.07, 6.45) is 4.09. The summed E-state index contributed by atoms with van der Waals surface area (Å²) in [4.78, 5) is 0. The Morgan fingerprint density at radius 2 is 2.05 bits per heavy atom. The standard InChI is InChI=1S/C19H26O3/c1-19-8-7-14-13-6-4-12(22-2)9-11(13)3-5-15(14)16(19)10-17(20)18(19)21/h4,6,9,14-18,20-21H,3,5,7-8,10H2,1-2H3/t14-,15-,16+,17-,18-,19-/m1/s1. The van der Waals surface area contributed by atoms with Gasteiger partial charge in [0.05, 0.1) is 19.3 Å². The molecule has 0 heterocycles. The average Bonchev–Trinajstić information content (AvgIpc) is 2.77. The topological polar surface area (TPSA) is 49.7 Å². The first-order chi connectivity index (χ1) is 10.5. The number of ether oxygens (including phenoxy) is 1. The van der Waals surface area contributed by atoms with E-state index in [4.69, 9.17) is 4.74 Å². The summed E-state index contributed by atoms with van der Waals surface area (Å²) in [6.45, 7) is 2.19. The van der Waals surface area contributed by atoms with Crippen molar-refractivity contribution in [3.8, 4) is 5.75 Å². The second kappa shape index (κ2) is 4.97. The highest BCUT2D eigenvalue weighted by molar-refractivity contribution is 5.40. The van der Waals surface area contributed by atoms with Crippen LogP contribution in [0.15, 0.2) is 18.2 Å². The Kier molecular flexibility index (Phi) is 3.28. The first kappa shape index (κ1) is 14.5. The van der Waals surface area contributed by atoms with Crippen LogP contribution in [-0.4, -0.2) is 29.5 Å². The molecule has 1 aromatic rings. The normalized spacial score (nSPS) is 43.2. The largest absolute Gasteiger partial charge is 0.497 e. The second-order valence-corrected chi connectivity index (χ2v) is 7.77. The third kappa shape index (κ3) is 1.88. The number of aryl methyl sites for hydroxylation is 1. The highest BCUT2D eigenvalue weighted by Crippen LogP contribution is 2.60. The molecule has 2 fully saturated rings. The van der Waals surface area contributed by atoms with E-state index in [2.05, 4.69) is 25.1 Å². The maximum atomic E-state index is 10.4. The molecule has 0 aromatic heterocycles. The van der Waals surface area contributed by atoms with Crippen molar-refractivity contribution in [1.29, 1.82) is 0 Å². The summed E-state index contributed by atoms with van der Waals surface area (Å²) in [7, 11) is 1.72. The number of hydrogen-bond donors (Lipinski definition) is 2. The zero-order chi connectivity index (χ0) is 15.5. The summed E-state index contributed by atoms with van der Waals surface area (Å²) in [5, 5.41) is 20.6. The van der Waals surface area contributed by atoms with Crippen LogP contribution < -0.4 is 4.74 Å². The molecular weight excluding hydrogens is 276 g/mol. The van der Waals surface area contributed by atoms with Crippen LogP contribution >= 0.6 is 0 Å². The number of benzene rings is 1. The lowest BCUT2D eigenvalue weighted by atomic mass is 9.55. The Bertz CT molecular complexity index is 584. The van der Waals surface area contributed by atoms with Crippen LogP contribution in [-0.2, 0) is 6.42 Å². The summed E-state index contributed by atoms with van der Waals surface area (Å²) in [5.41, 5.74) is 2.82. The summed E-state index contributed by atoms with van der Waals surface area (Å²) in [6, 6.07) is 6.51. The van der Waals surface area contributed by atoms with Crippen molar-refractivity contribution >= 4 is 0 Å². The van der Waals surface area contributed by atoms with Crippen LogP contribution in [0.4, 0.5) is 0 Å². The average molecular weight is 302 g/mol. The highest BCUT2D eigenvalue weighted by Gasteiger charge is 2.57. The molecule has 3 nitrogen and oxygen atoms in total. The predicted molar refractivity (Wildman–Crippen MR) is 85.0 cm³/mol. The molecule has 6 atom stereocenters. The number of rotatable bonds is 1. The minimum Gasteiger partial charge on any atom is -0.497 e. The maximum absolute atomic E-state index is 10.4. The van der Waals surface area contributed by atoms with Crippen molar-refractivity contribution in [2.75, 3.05) is 7.11 Å². The van der Waals surface area contributed by atoms with E-state index in [1.165, 1.54) is 17.5 Å². The van der Waals surface area contributed by atoms with Crippen molar-refractivity contribution in [2.24, 2.45) is 17.3 Å². The molecule has 1 aromatic carbocycles. The number of hydrogen-bond acceptors (Lipinski definition) is 3. The molecule has 22 heavy (non-hydrogen) atoms. The third-order valence-corrected chi connectivity index (χ3v) is 6.91. The van der Waals surface area contributed by atoms with Crippen molar-refractivity contribution in [3.63, 3.8) is 0 Å². The Labute approximate surface area is 132 Å². The van der Waals surface area contributed by atoms with E-state index in [1.54, 1.807) is 7.11 Å². The number of methoxy groups -OCH3 is 1. The molecule has 2 saturated carbocycles. The summed E-state index contributed by atoms with van der Waals surface area (Å²) in [5.74, 6) is 2.59. The van der Waals surface area contributed by atoms with Gasteiger partial charge in [-0.3, -0.25) is 0 Å². The molecular formula is C19H26O3. The number of aliphatic hydroxyl groups is 2. The van der Waals surface area contributed by atoms with E-state index in [9.17, 15) is 10.2 Å². The van der Waals surface area contributed by atoms with Gasteiger partial charge in [0.1, 0.15) is 5.75 Å². The van der Waals surface area contributed by atoms with E-state index in [0.717, 1.165) is 31.4 Å². The lowest BCUT2D eigenvalue weighted by Gasteiger charge is -2.49. The summed E-state index contributed by atoms with van der Waals surface area (Å²) < 4.78 is 5.36. The van der Waals surface area contributed by atoms with Gasteiger partial charge in [0.25, 0.3) is 0 Å². The zero-order valence-corrected chi connectivity index (χ0v) is 13.5. The minimum absolute atomic E-state index is 0.0927. The van der Waals surface area contributed by atoms with Gasteiger partial charge in [-0.15, -0.1) is 0 Å². The SMILES string of the molecule is COc1ccc2c(c1)CC[C@@H]1[C@@H]2CC[C@@]2(C)[C@H](O)[C@H](O)C[C@@H]12. The van der Waals surface area contributed by atoms with E-state index >= 15 is 0 Å². The molecule has 0 amide bonds.